The van der Waals surface area contributed by atoms with Crippen LogP contribution >= 0.6 is 0 Å². The number of nitrogens with one attached hydrogen (secondary N) is 1. The predicted octanol–water partition coefficient (Wildman–Crippen LogP) is 5.29. The van der Waals surface area contributed by atoms with Gasteiger partial charge in [0.05, 0.1) is 30.8 Å². The fraction of sp³-hybridized carbons (Fsp3) is 0.629. The maximum absolute atomic E-state index is 13.6. The summed E-state index contributed by atoms with van der Waals surface area (Å²) in [6, 6.07) is 7.50. The van der Waals surface area contributed by atoms with E-state index in [9.17, 15) is 22.4 Å². The second kappa shape index (κ2) is 13.9. The molecule has 3 heterocycles. The number of halogens is 1. The molecule has 0 atom stereocenters. The highest BCUT2D eigenvalue weighted by Gasteiger charge is 2.50. The van der Waals surface area contributed by atoms with E-state index in [0.717, 1.165) is 67.9 Å². The van der Waals surface area contributed by atoms with E-state index in [4.69, 9.17) is 14.0 Å². The first-order chi connectivity index (χ1) is 22.9. The zero-order valence-electron chi connectivity index (χ0n) is 27.9. The Balaban J connectivity index is 1.04. The number of hydrogen-bond acceptors (Lipinski definition) is 8. The fourth-order valence-corrected chi connectivity index (χ4v) is 8.05. The van der Waals surface area contributed by atoms with Crippen molar-refractivity contribution in [3.8, 4) is 17.0 Å². The molecule has 4 aliphatic rings. The van der Waals surface area contributed by atoms with Crippen LogP contribution in [0.5, 0.6) is 5.75 Å². The van der Waals surface area contributed by atoms with Gasteiger partial charge in [0, 0.05) is 61.6 Å². The Hall–Kier alpha value is -3.29. The Morgan fingerprint density at radius 1 is 1.15 bits per heavy atom. The summed E-state index contributed by atoms with van der Waals surface area (Å²) in [5, 5.41) is 2.81. The molecule has 1 aromatic carbocycles. The topological polar surface area (TPSA) is 138 Å². The van der Waals surface area contributed by atoms with Crippen molar-refractivity contribution in [1.82, 2.24) is 20.1 Å². The third-order valence-electron chi connectivity index (χ3n) is 10.6. The number of pyridine rings is 1. The highest BCUT2D eigenvalue weighted by molar-refractivity contribution is 7.85. The van der Waals surface area contributed by atoms with Gasteiger partial charge < -0.3 is 19.7 Å². The molecule has 2 N–H and O–H groups in total. The number of rotatable bonds is 12. The molecule has 0 unspecified atom stereocenters. The second-order valence-electron chi connectivity index (χ2n) is 14.3. The van der Waals surface area contributed by atoms with Gasteiger partial charge in [-0.2, -0.15) is 8.42 Å². The molecule has 13 heteroatoms. The highest BCUT2D eigenvalue weighted by Crippen LogP contribution is 2.47. The number of aromatic nitrogens is 1. The van der Waals surface area contributed by atoms with Crippen LogP contribution in [0, 0.1) is 11.2 Å². The molecule has 262 valence electrons. The highest BCUT2D eigenvalue weighted by atomic mass is 32.2. The van der Waals surface area contributed by atoms with E-state index in [-0.39, 0.29) is 42.6 Å². The summed E-state index contributed by atoms with van der Waals surface area (Å²) in [6.07, 6.45) is 7.49. The SMILES string of the molecule is CCOc1cc(-c2ccc(F)cn2)c(C2CC2)cc1CN1CCC2(CC1)CN([C@H]1CC[C@@](C)(C(=O)NCCCS(=O)(=O)O)CC1)C(=O)O2. The Morgan fingerprint density at radius 2 is 1.88 bits per heavy atom. The third-order valence-corrected chi connectivity index (χ3v) is 11.4. The Morgan fingerprint density at radius 3 is 2.50 bits per heavy atom. The van der Waals surface area contributed by atoms with E-state index in [1.54, 1.807) is 6.07 Å². The number of ether oxygens (including phenoxy) is 2. The molecule has 2 aliphatic heterocycles. The van der Waals surface area contributed by atoms with E-state index < -0.39 is 21.1 Å². The third kappa shape index (κ3) is 7.94. The molecule has 11 nitrogen and oxygen atoms in total. The first-order valence-electron chi connectivity index (χ1n) is 17.2. The molecular weight excluding hydrogens is 639 g/mol. The number of likely N-dealkylation sites (tertiary alicyclic amines) is 1. The molecule has 2 amide bonds. The van der Waals surface area contributed by atoms with Gasteiger partial charge >= 0.3 is 6.09 Å². The van der Waals surface area contributed by atoms with Crippen LogP contribution < -0.4 is 10.1 Å². The van der Waals surface area contributed by atoms with E-state index >= 15 is 0 Å². The zero-order valence-corrected chi connectivity index (χ0v) is 28.7. The number of piperidine rings is 1. The van der Waals surface area contributed by atoms with Crippen molar-refractivity contribution < 1.29 is 36.4 Å². The number of carbonyl (C=O) groups is 2. The number of nitrogens with zero attached hydrogens (tertiary/aromatic N) is 3. The van der Waals surface area contributed by atoms with Crippen molar-refractivity contribution in [2.45, 2.75) is 95.7 Å². The van der Waals surface area contributed by atoms with Gasteiger partial charge in [0.25, 0.3) is 10.1 Å². The maximum Gasteiger partial charge on any atom is 0.410 e. The van der Waals surface area contributed by atoms with Crippen LogP contribution in [0.2, 0.25) is 0 Å². The van der Waals surface area contributed by atoms with E-state index in [2.05, 4.69) is 27.3 Å². The first-order valence-corrected chi connectivity index (χ1v) is 18.8. The van der Waals surface area contributed by atoms with E-state index in [0.29, 0.717) is 44.8 Å². The van der Waals surface area contributed by atoms with Crippen LogP contribution in [0.25, 0.3) is 11.3 Å². The zero-order chi connectivity index (χ0) is 34.1. The van der Waals surface area contributed by atoms with Crippen LogP contribution in [0.1, 0.15) is 88.7 Å². The predicted molar refractivity (Wildman–Crippen MR) is 178 cm³/mol. The number of benzene rings is 1. The standard InChI is InChI=1S/C35H47FN4O7S/c1-3-46-31-20-29(30-8-7-26(36)21-38-30)28(24-5-6-24)19-25(31)22-39-16-13-35(14-17-39)23-40(33(42)47-35)27-9-11-34(2,12-10-27)32(41)37-15-4-18-48(43,44)45/h7-8,19-21,24,27H,3-6,9-18,22-23H2,1-2H3,(H,37,41)(H,43,44,45)/t27-,34+. The molecule has 0 radical (unpaired) electrons. The lowest BCUT2D eigenvalue weighted by Gasteiger charge is -2.40. The van der Waals surface area contributed by atoms with Crippen molar-refractivity contribution >= 4 is 22.1 Å². The van der Waals surface area contributed by atoms with E-state index in [1.165, 1.54) is 17.8 Å². The maximum atomic E-state index is 13.6. The number of amides is 2. The van der Waals surface area contributed by atoms with Crippen LogP contribution in [0.3, 0.4) is 0 Å². The molecule has 2 saturated heterocycles. The summed E-state index contributed by atoms with van der Waals surface area (Å²) in [5.41, 5.74) is 3.00. The lowest BCUT2D eigenvalue weighted by Crippen LogP contribution is -2.49. The average molecular weight is 687 g/mol. The number of hydrogen-bond donors (Lipinski definition) is 2. The smallest absolute Gasteiger partial charge is 0.410 e. The molecule has 4 fully saturated rings. The Kier molecular flexibility index (Phi) is 10.0. The van der Waals surface area contributed by atoms with Crippen LogP contribution in [0.4, 0.5) is 9.18 Å². The first kappa shape index (κ1) is 34.6. The summed E-state index contributed by atoms with van der Waals surface area (Å²) >= 11 is 0. The molecule has 0 bridgehead atoms. The van der Waals surface area contributed by atoms with Gasteiger partial charge in [0.1, 0.15) is 17.2 Å². The van der Waals surface area contributed by atoms with Gasteiger partial charge in [0.15, 0.2) is 0 Å². The van der Waals surface area contributed by atoms with Crippen LogP contribution in [-0.4, -0.2) is 89.9 Å². The lowest BCUT2D eigenvalue weighted by molar-refractivity contribution is -0.132. The van der Waals surface area contributed by atoms with E-state index in [1.807, 2.05) is 18.7 Å². The largest absolute Gasteiger partial charge is 0.494 e. The molecule has 6 rings (SSSR count). The quantitative estimate of drug-likeness (QED) is 0.225. The summed E-state index contributed by atoms with van der Waals surface area (Å²) in [6.45, 7) is 7.44. The molecular formula is C35H47FN4O7S. The lowest BCUT2D eigenvalue weighted by atomic mass is 9.73. The molecule has 1 spiro atoms. The Bertz CT molecular complexity index is 1600. The second-order valence-corrected chi connectivity index (χ2v) is 15.8. The molecule has 2 aliphatic carbocycles. The summed E-state index contributed by atoms with van der Waals surface area (Å²) in [7, 11) is -4.05. The monoisotopic (exact) mass is 686 g/mol. The summed E-state index contributed by atoms with van der Waals surface area (Å²) in [5.74, 6) is 0.423. The van der Waals surface area contributed by atoms with Gasteiger partial charge in [-0.3, -0.25) is 19.2 Å². The molecule has 2 saturated carbocycles. The van der Waals surface area contributed by atoms with Gasteiger partial charge in [-0.1, -0.05) is 6.92 Å². The minimum Gasteiger partial charge on any atom is -0.494 e. The van der Waals surface area contributed by atoms with Crippen LogP contribution in [0.15, 0.2) is 30.5 Å². The molecule has 1 aromatic heterocycles. The normalized spacial score (nSPS) is 24.5. The van der Waals surface area contributed by atoms with Crippen LogP contribution in [-0.2, 0) is 26.2 Å². The molecule has 2 aromatic rings. The minimum absolute atomic E-state index is 0.0130. The van der Waals surface area contributed by atoms with Gasteiger partial charge in [0.2, 0.25) is 5.91 Å². The fourth-order valence-electron chi connectivity index (χ4n) is 7.54. The number of carbonyl (C=O) groups excluding carboxylic acids is 2. The van der Waals surface area contributed by atoms with Crippen molar-refractivity contribution in [3.05, 3.63) is 47.4 Å². The van der Waals surface area contributed by atoms with Crippen molar-refractivity contribution in [3.63, 3.8) is 0 Å². The van der Waals surface area contributed by atoms with Gasteiger partial charge in [-0.15, -0.1) is 0 Å². The minimum atomic E-state index is -4.05. The van der Waals surface area contributed by atoms with Gasteiger partial charge in [-0.25, -0.2) is 9.18 Å². The Labute approximate surface area is 282 Å². The molecule has 48 heavy (non-hydrogen) atoms. The van der Waals surface area contributed by atoms with Gasteiger partial charge in [-0.05, 0) is 87.6 Å². The van der Waals surface area contributed by atoms with Crippen molar-refractivity contribution in [2.75, 3.05) is 38.5 Å². The average Bonchev–Trinajstić information content (AvgIpc) is 3.85. The summed E-state index contributed by atoms with van der Waals surface area (Å²) < 4.78 is 56.6. The van der Waals surface area contributed by atoms with Crippen molar-refractivity contribution in [2.24, 2.45) is 5.41 Å². The summed E-state index contributed by atoms with van der Waals surface area (Å²) in [4.78, 5) is 34.7. The van der Waals surface area contributed by atoms with Crippen molar-refractivity contribution in [1.29, 1.82) is 0 Å².